The van der Waals surface area contributed by atoms with Crippen LogP contribution in [0.3, 0.4) is 0 Å². The van der Waals surface area contributed by atoms with Gasteiger partial charge in [0.2, 0.25) is 15.9 Å². The summed E-state index contributed by atoms with van der Waals surface area (Å²) >= 11 is 0. The lowest BCUT2D eigenvalue weighted by Crippen LogP contribution is -2.46. The van der Waals surface area contributed by atoms with Crippen LogP contribution in [-0.4, -0.2) is 56.0 Å². The quantitative estimate of drug-likeness (QED) is 0.755. The van der Waals surface area contributed by atoms with E-state index in [9.17, 15) is 13.2 Å². The van der Waals surface area contributed by atoms with Gasteiger partial charge in [-0.15, -0.1) is 12.4 Å². The van der Waals surface area contributed by atoms with Crippen LogP contribution in [-0.2, 0) is 14.8 Å². The van der Waals surface area contributed by atoms with Crippen molar-refractivity contribution in [2.75, 3.05) is 26.2 Å². The number of amides is 1. The number of carbonyl (C=O) groups excluding carboxylic acids is 1. The summed E-state index contributed by atoms with van der Waals surface area (Å²) in [6.45, 7) is 5.53. The molecule has 0 spiro atoms. The zero-order chi connectivity index (χ0) is 18.0. The summed E-state index contributed by atoms with van der Waals surface area (Å²) in [7, 11) is -3.62. The van der Waals surface area contributed by atoms with Crippen molar-refractivity contribution < 1.29 is 17.7 Å². The standard InChI is InChI=1S/C16H26N4O4S.ClH/c1-11-15(12(2)24-19-11)25(22,23)20-8-4-5-13(10-20)9-18-16(21)14-6-3-7-17-14;/h13-14,17H,3-10H2,1-2H3,(H,18,21);1H. The summed E-state index contributed by atoms with van der Waals surface area (Å²) in [5, 5.41) is 9.90. The van der Waals surface area contributed by atoms with Crippen LogP contribution < -0.4 is 10.6 Å². The molecule has 148 valence electrons. The molecule has 2 N–H and O–H groups in total. The van der Waals surface area contributed by atoms with E-state index in [1.165, 1.54) is 4.31 Å². The molecular formula is C16H27ClN4O4S. The maximum Gasteiger partial charge on any atom is 0.248 e. The molecule has 0 saturated carbocycles. The van der Waals surface area contributed by atoms with E-state index >= 15 is 0 Å². The monoisotopic (exact) mass is 406 g/mol. The summed E-state index contributed by atoms with van der Waals surface area (Å²) in [5.41, 5.74) is 0.389. The average molecular weight is 407 g/mol. The largest absolute Gasteiger partial charge is 0.360 e. The van der Waals surface area contributed by atoms with E-state index in [4.69, 9.17) is 4.52 Å². The molecule has 2 aliphatic rings. The highest BCUT2D eigenvalue weighted by Crippen LogP contribution is 2.27. The fourth-order valence-electron chi connectivity index (χ4n) is 3.66. The van der Waals surface area contributed by atoms with Gasteiger partial charge in [0.05, 0.1) is 6.04 Å². The molecule has 8 nitrogen and oxygen atoms in total. The van der Waals surface area contributed by atoms with E-state index in [0.717, 1.165) is 32.2 Å². The van der Waals surface area contributed by atoms with Crippen LogP contribution >= 0.6 is 12.4 Å². The molecule has 2 aliphatic heterocycles. The van der Waals surface area contributed by atoms with Crippen LogP contribution in [0.1, 0.15) is 37.1 Å². The van der Waals surface area contributed by atoms with Crippen LogP contribution in [0.5, 0.6) is 0 Å². The number of nitrogens with zero attached hydrogens (tertiary/aromatic N) is 2. The number of nitrogens with one attached hydrogen (secondary N) is 2. The van der Waals surface area contributed by atoms with E-state index in [1.54, 1.807) is 13.8 Å². The van der Waals surface area contributed by atoms with Crippen LogP contribution in [0.2, 0.25) is 0 Å². The smallest absolute Gasteiger partial charge is 0.248 e. The van der Waals surface area contributed by atoms with E-state index in [0.29, 0.717) is 31.1 Å². The molecule has 1 aromatic rings. The molecule has 1 aromatic heterocycles. The minimum atomic E-state index is -3.62. The third-order valence-electron chi connectivity index (χ3n) is 4.99. The number of sulfonamides is 1. The number of aromatic nitrogens is 1. The molecule has 3 heterocycles. The lowest BCUT2D eigenvalue weighted by atomic mass is 9.99. The summed E-state index contributed by atoms with van der Waals surface area (Å²) in [6, 6.07) is -0.106. The van der Waals surface area contributed by atoms with Crippen LogP contribution in [0.25, 0.3) is 0 Å². The molecule has 10 heteroatoms. The highest BCUT2D eigenvalue weighted by atomic mass is 35.5. The Kier molecular flexibility index (Phi) is 7.06. The number of rotatable bonds is 5. The van der Waals surface area contributed by atoms with Crippen molar-refractivity contribution in [1.29, 1.82) is 0 Å². The molecule has 0 aromatic carbocycles. The lowest BCUT2D eigenvalue weighted by molar-refractivity contribution is -0.123. The van der Waals surface area contributed by atoms with Crippen LogP contribution in [0.4, 0.5) is 0 Å². The Morgan fingerprint density at radius 1 is 1.35 bits per heavy atom. The second-order valence-corrected chi connectivity index (χ2v) is 8.79. The SMILES string of the molecule is Cc1noc(C)c1S(=O)(=O)N1CCCC(CNC(=O)C2CCCN2)C1.Cl. The van der Waals surface area contributed by atoms with Gasteiger partial charge in [0.1, 0.15) is 10.6 Å². The Balaban J connectivity index is 0.00000243. The van der Waals surface area contributed by atoms with Crippen molar-refractivity contribution in [3.63, 3.8) is 0 Å². The molecule has 0 bridgehead atoms. The maximum atomic E-state index is 12.9. The van der Waals surface area contributed by atoms with Gasteiger partial charge < -0.3 is 15.2 Å². The van der Waals surface area contributed by atoms with Crippen molar-refractivity contribution in [2.24, 2.45) is 5.92 Å². The first-order chi connectivity index (χ1) is 11.9. The van der Waals surface area contributed by atoms with E-state index < -0.39 is 10.0 Å². The van der Waals surface area contributed by atoms with Gasteiger partial charge in [-0.05, 0) is 52.0 Å². The molecular weight excluding hydrogens is 380 g/mol. The van der Waals surface area contributed by atoms with Gasteiger partial charge in [-0.2, -0.15) is 4.31 Å². The number of halogens is 1. The number of hydrogen-bond acceptors (Lipinski definition) is 6. The zero-order valence-corrected chi connectivity index (χ0v) is 16.8. The molecule has 0 aliphatic carbocycles. The predicted molar refractivity (Wildman–Crippen MR) is 98.7 cm³/mol. The molecule has 2 saturated heterocycles. The summed E-state index contributed by atoms with van der Waals surface area (Å²) in [4.78, 5) is 12.3. The first-order valence-corrected chi connectivity index (χ1v) is 10.3. The third kappa shape index (κ3) is 4.39. The Labute approximate surface area is 160 Å². The third-order valence-corrected chi connectivity index (χ3v) is 7.10. The topological polar surface area (TPSA) is 105 Å². The summed E-state index contributed by atoms with van der Waals surface area (Å²) < 4.78 is 32.3. The Morgan fingerprint density at radius 2 is 2.12 bits per heavy atom. The van der Waals surface area contributed by atoms with Crippen molar-refractivity contribution in [1.82, 2.24) is 20.1 Å². The van der Waals surface area contributed by atoms with E-state index in [2.05, 4.69) is 15.8 Å². The molecule has 1 amide bonds. The van der Waals surface area contributed by atoms with E-state index in [1.807, 2.05) is 0 Å². The first-order valence-electron chi connectivity index (χ1n) is 8.83. The molecule has 0 radical (unpaired) electrons. The summed E-state index contributed by atoms with van der Waals surface area (Å²) in [5.74, 6) is 0.456. The van der Waals surface area contributed by atoms with Gasteiger partial charge in [0.25, 0.3) is 0 Å². The second-order valence-electron chi connectivity index (χ2n) is 6.92. The van der Waals surface area contributed by atoms with E-state index in [-0.39, 0.29) is 35.2 Å². The van der Waals surface area contributed by atoms with Crippen molar-refractivity contribution >= 4 is 28.3 Å². The van der Waals surface area contributed by atoms with Gasteiger partial charge in [-0.25, -0.2) is 8.42 Å². The first kappa shape index (κ1) is 21.1. The van der Waals surface area contributed by atoms with Crippen molar-refractivity contribution in [3.8, 4) is 0 Å². The maximum absolute atomic E-state index is 12.9. The Bertz CT molecular complexity index is 711. The van der Waals surface area contributed by atoms with Crippen molar-refractivity contribution in [3.05, 3.63) is 11.5 Å². The number of carbonyl (C=O) groups is 1. The number of aryl methyl sites for hydroxylation is 2. The molecule has 26 heavy (non-hydrogen) atoms. The van der Waals surface area contributed by atoms with Gasteiger partial charge in [0, 0.05) is 19.6 Å². The summed E-state index contributed by atoms with van der Waals surface area (Å²) in [6.07, 6.45) is 3.57. The molecule has 2 fully saturated rings. The number of piperidine rings is 1. The van der Waals surface area contributed by atoms with Gasteiger partial charge >= 0.3 is 0 Å². The molecule has 3 rings (SSSR count). The minimum absolute atomic E-state index is 0. The molecule has 2 atom stereocenters. The fraction of sp³-hybridized carbons (Fsp3) is 0.750. The van der Waals surface area contributed by atoms with Crippen molar-refractivity contribution in [2.45, 2.75) is 50.5 Å². The fourth-order valence-corrected chi connectivity index (χ4v) is 5.51. The highest BCUT2D eigenvalue weighted by Gasteiger charge is 2.34. The van der Waals surface area contributed by atoms with Gasteiger partial charge in [-0.1, -0.05) is 5.16 Å². The van der Waals surface area contributed by atoms with Gasteiger partial charge in [-0.3, -0.25) is 4.79 Å². The van der Waals surface area contributed by atoms with Crippen LogP contribution in [0, 0.1) is 19.8 Å². The van der Waals surface area contributed by atoms with Crippen LogP contribution in [0.15, 0.2) is 9.42 Å². The Hall–Kier alpha value is -1.16. The lowest BCUT2D eigenvalue weighted by Gasteiger charge is -2.32. The highest BCUT2D eigenvalue weighted by molar-refractivity contribution is 7.89. The molecule has 2 unspecified atom stereocenters. The Morgan fingerprint density at radius 3 is 2.73 bits per heavy atom. The minimum Gasteiger partial charge on any atom is -0.360 e. The average Bonchev–Trinajstić information content (AvgIpc) is 3.23. The second kappa shape index (κ2) is 8.69. The predicted octanol–water partition coefficient (Wildman–Crippen LogP) is 0.982. The van der Waals surface area contributed by atoms with Gasteiger partial charge in [0.15, 0.2) is 5.76 Å². The number of hydrogen-bond donors (Lipinski definition) is 2. The normalized spacial score (nSPS) is 24.2. The zero-order valence-electron chi connectivity index (χ0n) is 15.2.